The molecule has 190 valence electrons. The van der Waals surface area contributed by atoms with Crippen LogP contribution in [0.5, 0.6) is 5.75 Å². The summed E-state index contributed by atoms with van der Waals surface area (Å²) < 4.78 is 0. The van der Waals surface area contributed by atoms with Gasteiger partial charge in [-0.05, 0) is 50.9 Å². The standard InChI is InChI=1S/C22H35N5O7/c1-12(19(30)27-18(13(2)28)22(33)34)25-21(32)17(11-14-6-8-15(29)9-7-14)26-20(31)16(24)5-3-4-10-23/h6-9,12-13,16-18,28-29H,3-5,10-11,23-24H2,1-2H3,(H,25,32)(H,26,31)(H,27,30)(H,33,34). The molecule has 1 aromatic rings. The Bertz CT molecular complexity index is 831. The van der Waals surface area contributed by atoms with E-state index in [0.29, 0.717) is 31.4 Å². The predicted octanol–water partition coefficient (Wildman–Crippen LogP) is -1.67. The Labute approximate surface area is 198 Å². The molecule has 0 aliphatic carbocycles. The molecule has 0 aromatic heterocycles. The Hall–Kier alpha value is -3.22. The van der Waals surface area contributed by atoms with E-state index in [9.17, 15) is 29.4 Å². The largest absolute Gasteiger partial charge is 0.508 e. The molecule has 5 atom stereocenters. The number of hydrogen-bond donors (Lipinski definition) is 8. The Morgan fingerprint density at radius 1 is 0.941 bits per heavy atom. The van der Waals surface area contributed by atoms with E-state index < -0.39 is 54.0 Å². The fourth-order valence-electron chi connectivity index (χ4n) is 3.04. The lowest BCUT2D eigenvalue weighted by Crippen LogP contribution is -2.57. The number of rotatable bonds is 14. The number of amides is 3. The molecule has 1 aromatic carbocycles. The van der Waals surface area contributed by atoms with Crippen LogP contribution in [0.4, 0.5) is 0 Å². The first-order valence-corrected chi connectivity index (χ1v) is 11.0. The number of benzene rings is 1. The fraction of sp³-hybridized carbons (Fsp3) is 0.545. The van der Waals surface area contributed by atoms with Gasteiger partial charge in [0.1, 0.15) is 17.8 Å². The minimum Gasteiger partial charge on any atom is -0.508 e. The third kappa shape index (κ3) is 9.73. The van der Waals surface area contributed by atoms with E-state index in [4.69, 9.17) is 16.6 Å². The van der Waals surface area contributed by atoms with Crippen molar-refractivity contribution in [1.29, 1.82) is 0 Å². The number of carbonyl (C=O) groups excluding carboxylic acids is 3. The number of aromatic hydroxyl groups is 1. The summed E-state index contributed by atoms with van der Waals surface area (Å²) in [6, 6.07) is 1.37. The van der Waals surface area contributed by atoms with Gasteiger partial charge in [0.2, 0.25) is 17.7 Å². The Balaban J connectivity index is 2.91. The molecular formula is C22H35N5O7. The number of nitrogens with two attached hydrogens (primary N) is 2. The van der Waals surface area contributed by atoms with Gasteiger partial charge in [-0.15, -0.1) is 0 Å². The molecule has 0 saturated carbocycles. The number of aliphatic hydroxyl groups is 1. The number of unbranched alkanes of at least 4 members (excludes halogenated alkanes) is 1. The van der Waals surface area contributed by atoms with Crippen LogP contribution in [0.15, 0.2) is 24.3 Å². The summed E-state index contributed by atoms with van der Waals surface area (Å²) in [6.07, 6.45) is 0.421. The van der Waals surface area contributed by atoms with Crippen molar-refractivity contribution in [3.63, 3.8) is 0 Å². The lowest BCUT2D eigenvalue weighted by atomic mass is 10.0. The minimum atomic E-state index is -1.55. The number of phenolic OH excluding ortho intramolecular Hbond substituents is 1. The average Bonchev–Trinajstić information content (AvgIpc) is 2.77. The lowest BCUT2D eigenvalue weighted by Gasteiger charge is -2.24. The summed E-state index contributed by atoms with van der Waals surface area (Å²) in [4.78, 5) is 49.0. The summed E-state index contributed by atoms with van der Waals surface area (Å²) in [5.41, 5.74) is 12.0. The van der Waals surface area contributed by atoms with Crippen LogP contribution in [0.1, 0.15) is 38.7 Å². The van der Waals surface area contributed by atoms with E-state index in [2.05, 4.69) is 16.0 Å². The van der Waals surface area contributed by atoms with E-state index >= 15 is 0 Å². The number of aliphatic carboxylic acids is 1. The van der Waals surface area contributed by atoms with Crippen LogP contribution in [0.25, 0.3) is 0 Å². The Morgan fingerprint density at radius 2 is 1.56 bits per heavy atom. The Kier molecular flexibility index (Phi) is 12.0. The summed E-state index contributed by atoms with van der Waals surface area (Å²) in [6.45, 7) is 3.02. The third-order valence-electron chi connectivity index (χ3n) is 5.11. The van der Waals surface area contributed by atoms with Gasteiger partial charge >= 0.3 is 5.97 Å². The molecule has 34 heavy (non-hydrogen) atoms. The highest BCUT2D eigenvalue weighted by Crippen LogP contribution is 2.12. The van der Waals surface area contributed by atoms with Crippen molar-refractivity contribution in [2.24, 2.45) is 11.5 Å². The van der Waals surface area contributed by atoms with E-state index in [1.165, 1.54) is 26.0 Å². The van der Waals surface area contributed by atoms with Crippen LogP contribution < -0.4 is 27.4 Å². The molecule has 0 aliphatic heterocycles. The number of phenols is 1. The van der Waals surface area contributed by atoms with Crippen molar-refractivity contribution in [2.45, 2.75) is 69.8 Å². The van der Waals surface area contributed by atoms with Crippen molar-refractivity contribution in [3.05, 3.63) is 29.8 Å². The van der Waals surface area contributed by atoms with Gasteiger partial charge in [-0.1, -0.05) is 18.6 Å². The molecule has 0 aliphatic rings. The van der Waals surface area contributed by atoms with Crippen LogP contribution in [0.2, 0.25) is 0 Å². The van der Waals surface area contributed by atoms with Crippen LogP contribution in [0, 0.1) is 0 Å². The molecule has 0 heterocycles. The molecule has 0 bridgehead atoms. The highest BCUT2D eigenvalue weighted by atomic mass is 16.4. The summed E-state index contributed by atoms with van der Waals surface area (Å²) in [5, 5.41) is 35.3. The van der Waals surface area contributed by atoms with Crippen molar-refractivity contribution in [1.82, 2.24) is 16.0 Å². The summed E-state index contributed by atoms with van der Waals surface area (Å²) in [5.74, 6) is -3.46. The predicted molar refractivity (Wildman–Crippen MR) is 123 cm³/mol. The first-order chi connectivity index (χ1) is 16.0. The first-order valence-electron chi connectivity index (χ1n) is 11.0. The first kappa shape index (κ1) is 28.8. The van der Waals surface area contributed by atoms with E-state index in [1.54, 1.807) is 12.1 Å². The van der Waals surface area contributed by atoms with Gasteiger partial charge in [-0.3, -0.25) is 14.4 Å². The SMILES string of the molecule is CC(NC(=O)C(Cc1ccc(O)cc1)NC(=O)C(N)CCCCN)C(=O)NC(C(=O)O)C(C)O. The normalized spacial score (nSPS) is 15.3. The maximum absolute atomic E-state index is 12.9. The monoisotopic (exact) mass is 481 g/mol. The fourth-order valence-corrected chi connectivity index (χ4v) is 3.04. The molecule has 0 spiro atoms. The zero-order valence-electron chi connectivity index (χ0n) is 19.4. The molecule has 0 fully saturated rings. The molecule has 5 unspecified atom stereocenters. The second-order valence-electron chi connectivity index (χ2n) is 8.12. The molecule has 12 nitrogen and oxygen atoms in total. The smallest absolute Gasteiger partial charge is 0.328 e. The van der Waals surface area contributed by atoms with Crippen molar-refractivity contribution in [2.75, 3.05) is 6.54 Å². The van der Waals surface area contributed by atoms with Crippen LogP contribution >= 0.6 is 0 Å². The topological polar surface area (TPSA) is 217 Å². The summed E-state index contributed by atoms with van der Waals surface area (Å²) in [7, 11) is 0. The van der Waals surface area contributed by atoms with E-state index in [1.807, 2.05) is 0 Å². The number of carbonyl (C=O) groups is 4. The molecule has 0 radical (unpaired) electrons. The number of carboxylic acids is 1. The van der Waals surface area contributed by atoms with E-state index in [-0.39, 0.29) is 12.2 Å². The third-order valence-corrected chi connectivity index (χ3v) is 5.11. The quantitative estimate of drug-likeness (QED) is 0.142. The molecule has 10 N–H and O–H groups in total. The number of carboxylic acid groups (broad SMARTS) is 1. The summed E-state index contributed by atoms with van der Waals surface area (Å²) >= 11 is 0. The second-order valence-corrected chi connectivity index (χ2v) is 8.12. The molecule has 3 amide bonds. The van der Waals surface area contributed by atoms with Gasteiger partial charge in [0, 0.05) is 6.42 Å². The highest BCUT2D eigenvalue weighted by Gasteiger charge is 2.30. The molecule has 1 rings (SSSR count). The van der Waals surface area contributed by atoms with Gasteiger partial charge in [-0.25, -0.2) is 4.79 Å². The van der Waals surface area contributed by atoms with Crippen molar-refractivity contribution >= 4 is 23.7 Å². The van der Waals surface area contributed by atoms with Gasteiger partial charge in [0.25, 0.3) is 0 Å². The maximum atomic E-state index is 12.9. The lowest BCUT2D eigenvalue weighted by molar-refractivity contribution is -0.145. The molecule has 0 saturated heterocycles. The maximum Gasteiger partial charge on any atom is 0.328 e. The Morgan fingerprint density at radius 3 is 2.09 bits per heavy atom. The zero-order chi connectivity index (χ0) is 25.8. The van der Waals surface area contributed by atoms with E-state index in [0.717, 1.165) is 0 Å². The van der Waals surface area contributed by atoms with Crippen LogP contribution in [0.3, 0.4) is 0 Å². The van der Waals surface area contributed by atoms with Gasteiger partial charge < -0.3 is 42.7 Å². The van der Waals surface area contributed by atoms with Crippen molar-refractivity contribution in [3.8, 4) is 5.75 Å². The molecule has 12 heteroatoms. The highest BCUT2D eigenvalue weighted by molar-refractivity contribution is 5.94. The van der Waals surface area contributed by atoms with Gasteiger partial charge in [-0.2, -0.15) is 0 Å². The number of hydrogen-bond acceptors (Lipinski definition) is 8. The average molecular weight is 482 g/mol. The van der Waals surface area contributed by atoms with Gasteiger partial charge in [0.15, 0.2) is 6.04 Å². The second kappa shape index (κ2) is 14.1. The van der Waals surface area contributed by atoms with Crippen LogP contribution in [-0.4, -0.2) is 75.8 Å². The number of nitrogens with one attached hydrogen (secondary N) is 3. The van der Waals surface area contributed by atoms with Crippen molar-refractivity contribution < 1.29 is 34.5 Å². The number of aliphatic hydroxyl groups excluding tert-OH is 1. The molecular weight excluding hydrogens is 446 g/mol. The van der Waals surface area contributed by atoms with Crippen LogP contribution in [-0.2, 0) is 25.6 Å². The zero-order valence-corrected chi connectivity index (χ0v) is 19.4. The van der Waals surface area contributed by atoms with Gasteiger partial charge in [0.05, 0.1) is 12.1 Å². The minimum absolute atomic E-state index is 0.0344.